The second kappa shape index (κ2) is 13.5. The van der Waals surface area contributed by atoms with E-state index in [1.165, 1.54) is 27.9 Å². The Balaban J connectivity index is 1.59. The van der Waals surface area contributed by atoms with Gasteiger partial charge >= 0.3 is 0 Å². The van der Waals surface area contributed by atoms with E-state index in [9.17, 15) is 46.0 Å². The normalized spacial score (nSPS) is 55.1. The largest absolute Gasteiger partial charge is 0.388 e. The zero-order chi connectivity index (χ0) is 30.3. The zero-order valence-corrected chi connectivity index (χ0v) is 23.0. The van der Waals surface area contributed by atoms with Gasteiger partial charge in [0.05, 0.1) is 24.9 Å². The zero-order valence-electron chi connectivity index (χ0n) is 23.0. The minimum absolute atomic E-state index is 0.397. The lowest BCUT2D eigenvalue weighted by Crippen LogP contribution is -2.66. The van der Waals surface area contributed by atoms with Gasteiger partial charge in [-0.25, -0.2) is 0 Å². The predicted octanol–water partition coefficient (Wildman–Crippen LogP) is -5.37. The number of hydrogen-bond donors (Lipinski definition) is 9. The standard InChI is InChI=1S/C24H42O17/c1-6-10(26)14(30)16(32)23(37-6)41-20-17(34-4)11(27)8(3)38-24(20)39-18-12(28)7(2)36-21(33)19(18)40-22-15(31)13(29)9(25)5-35-22/h6-33H,5H2,1-4H3/t6-,7-,8-,9+,10-,11-,12-,13-,14+,15+,16+,17+,18+,19+,20+,21+,22+,23-,24-/m0/s1. The summed E-state index contributed by atoms with van der Waals surface area (Å²) in [4.78, 5) is 0. The number of ether oxygens (including phenoxy) is 8. The van der Waals surface area contributed by atoms with Crippen molar-refractivity contribution < 1.29 is 83.9 Å². The monoisotopic (exact) mass is 602 g/mol. The first kappa shape index (κ1) is 33.2. The van der Waals surface area contributed by atoms with E-state index in [1.807, 2.05) is 0 Å². The number of hydrogen-bond acceptors (Lipinski definition) is 17. The third-order valence-corrected chi connectivity index (χ3v) is 7.94. The van der Waals surface area contributed by atoms with Crippen molar-refractivity contribution in [1.82, 2.24) is 0 Å². The Bertz CT molecular complexity index is 838. The van der Waals surface area contributed by atoms with Gasteiger partial charge in [-0.3, -0.25) is 0 Å². The van der Waals surface area contributed by atoms with Crippen molar-refractivity contribution in [3.63, 3.8) is 0 Å². The highest BCUT2D eigenvalue weighted by Crippen LogP contribution is 2.35. The molecular formula is C24H42O17. The number of aliphatic hydroxyl groups is 9. The van der Waals surface area contributed by atoms with E-state index in [4.69, 9.17) is 37.9 Å². The molecule has 4 aliphatic heterocycles. The minimum atomic E-state index is -1.73. The number of rotatable bonds is 7. The SMILES string of the molecule is CO[C@@H]1[C@@H](O)[C@H](C)O[C@@H](O[C@@H]2[C@@H](O)[C@H](C)O[C@@H](O)[C@@H]2O[C@H]2OC[C@@H](O)[C@H](O)[C@H]2O)[C@@H]1O[C@@H]1O[C@@H](C)[C@H](O)[C@@H](O)[C@H]1O. The molecule has 9 N–H and O–H groups in total. The van der Waals surface area contributed by atoms with Crippen molar-refractivity contribution in [2.45, 2.75) is 137 Å². The first-order valence-electron chi connectivity index (χ1n) is 13.5. The second-order valence-corrected chi connectivity index (χ2v) is 10.9. The summed E-state index contributed by atoms with van der Waals surface area (Å²) in [5.41, 5.74) is 0. The average Bonchev–Trinajstić information content (AvgIpc) is 2.93. The fraction of sp³-hybridized carbons (Fsp3) is 1.00. The molecule has 4 rings (SSSR count). The third-order valence-electron chi connectivity index (χ3n) is 7.94. The Morgan fingerprint density at radius 2 is 1.00 bits per heavy atom. The van der Waals surface area contributed by atoms with Crippen LogP contribution in [0.25, 0.3) is 0 Å². The average molecular weight is 603 g/mol. The fourth-order valence-electron chi connectivity index (χ4n) is 5.30. The molecule has 240 valence electrons. The molecule has 4 aliphatic rings. The summed E-state index contributed by atoms with van der Waals surface area (Å²) in [6.45, 7) is 4.02. The van der Waals surface area contributed by atoms with Gasteiger partial charge < -0.3 is 83.9 Å². The quantitative estimate of drug-likeness (QED) is 0.132. The maximum Gasteiger partial charge on any atom is 0.187 e. The summed E-state index contributed by atoms with van der Waals surface area (Å²) in [7, 11) is 1.28. The molecule has 4 heterocycles. The van der Waals surface area contributed by atoms with Crippen LogP contribution in [-0.4, -0.2) is 176 Å². The van der Waals surface area contributed by atoms with Gasteiger partial charge in [0.25, 0.3) is 0 Å². The molecule has 0 radical (unpaired) electrons. The molecule has 17 heteroatoms. The summed E-state index contributed by atoms with van der Waals surface area (Å²) in [5, 5.41) is 93.4. The van der Waals surface area contributed by atoms with Gasteiger partial charge in [-0.2, -0.15) is 0 Å². The lowest BCUT2D eigenvalue weighted by molar-refractivity contribution is -0.395. The van der Waals surface area contributed by atoms with Crippen molar-refractivity contribution in [1.29, 1.82) is 0 Å². The van der Waals surface area contributed by atoms with Crippen LogP contribution in [-0.2, 0) is 37.9 Å². The highest BCUT2D eigenvalue weighted by molar-refractivity contribution is 4.96. The lowest BCUT2D eigenvalue weighted by atomic mass is 9.96. The molecule has 41 heavy (non-hydrogen) atoms. The maximum atomic E-state index is 11.0. The Kier molecular flexibility index (Phi) is 11.0. The van der Waals surface area contributed by atoms with Gasteiger partial charge in [0.2, 0.25) is 0 Å². The first-order valence-corrected chi connectivity index (χ1v) is 13.5. The summed E-state index contributed by atoms with van der Waals surface area (Å²) >= 11 is 0. The van der Waals surface area contributed by atoms with Crippen molar-refractivity contribution in [3.05, 3.63) is 0 Å². The summed E-state index contributed by atoms with van der Waals surface area (Å²) in [5.74, 6) is 0. The summed E-state index contributed by atoms with van der Waals surface area (Å²) in [6.07, 6.45) is -26.9. The van der Waals surface area contributed by atoms with Crippen LogP contribution < -0.4 is 0 Å². The van der Waals surface area contributed by atoms with E-state index in [2.05, 4.69) is 0 Å². The van der Waals surface area contributed by atoms with E-state index < -0.39 is 123 Å². The predicted molar refractivity (Wildman–Crippen MR) is 128 cm³/mol. The Morgan fingerprint density at radius 3 is 1.66 bits per heavy atom. The lowest BCUT2D eigenvalue weighted by Gasteiger charge is -2.49. The Hall–Kier alpha value is -0.680. The van der Waals surface area contributed by atoms with Crippen LogP contribution in [0, 0.1) is 0 Å². The highest BCUT2D eigenvalue weighted by atomic mass is 16.8. The number of aliphatic hydroxyl groups excluding tert-OH is 9. The molecule has 0 bridgehead atoms. The molecule has 19 atom stereocenters. The molecule has 0 amide bonds. The van der Waals surface area contributed by atoms with Crippen LogP contribution >= 0.6 is 0 Å². The molecule has 0 aliphatic carbocycles. The van der Waals surface area contributed by atoms with Crippen LogP contribution in [0.3, 0.4) is 0 Å². The van der Waals surface area contributed by atoms with Gasteiger partial charge in [0, 0.05) is 7.11 Å². The smallest absolute Gasteiger partial charge is 0.187 e. The van der Waals surface area contributed by atoms with Gasteiger partial charge in [-0.15, -0.1) is 0 Å². The molecule has 0 saturated carbocycles. The molecule has 4 fully saturated rings. The Labute approximate surface area is 235 Å². The molecule has 0 unspecified atom stereocenters. The molecule has 0 aromatic rings. The topological polar surface area (TPSA) is 256 Å². The summed E-state index contributed by atoms with van der Waals surface area (Å²) in [6, 6.07) is 0. The van der Waals surface area contributed by atoms with Crippen molar-refractivity contribution in [3.8, 4) is 0 Å². The van der Waals surface area contributed by atoms with Crippen molar-refractivity contribution in [2.24, 2.45) is 0 Å². The van der Waals surface area contributed by atoms with E-state index in [-0.39, 0.29) is 0 Å². The third kappa shape index (κ3) is 6.71. The van der Waals surface area contributed by atoms with Crippen LogP contribution in [0.2, 0.25) is 0 Å². The Morgan fingerprint density at radius 1 is 0.488 bits per heavy atom. The van der Waals surface area contributed by atoms with Gasteiger partial charge in [-0.05, 0) is 20.8 Å². The van der Waals surface area contributed by atoms with Crippen LogP contribution in [0.1, 0.15) is 20.8 Å². The summed E-state index contributed by atoms with van der Waals surface area (Å²) < 4.78 is 45.1. The molecule has 0 aromatic heterocycles. The minimum Gasteiger partial charge on any atom is -0.388 e. The van der Waals surface area contributed by atoms with E-state index in [1.54, 1.807) is 0 Å². The van der Waals surface area contributed by atoms with Crippen molar-refractivity contribution in [2.75, 3.05) is 13.7 Å². The molecule has 0 aromatic carbocycles. The van der Waals surface area contributed by atoms with Gasteiger partial charge in [0.1, 0.15) is 73.2 Å². The van der Waals surface area contributed by atoms with E-state index in [0.29, 0.717) is 0 Å². The number of methoxy groups -OCH3 is 1. The molecule has 17 nitrogen and oxygen atoms in total. The maximum absolute atomic E-state index is 11.0. The highest BCUT2D eigenvalue weighted by Gasteiger charge is 2.54. The van der Waals surface area contributed by atoms with Gasteiger partial charge in [-0.1, -0.05) is 0 Å². The molecule has 4 saturated heterocycles. The van der Waals surface area contributed by atoms with Crippen molar-refractivity contribution >= 4 is 0 Å². The van der Waals surface area contributed by atoms with E-state index >= 15 is 0 Å². The fourth-order valence-corrected chi connectivity index (χ4v) is 5.30. The second-order valence-electron chi connectivity index (χ2n) is 10.9. The van der Waals surface area contributed by atoms with Crippen LogP contribution in [0.15, 0.2) is 0 Å². The first-order chi connectivity index (χ1) is 19.3. The molecule has 0 spiro atoms. The van der Waals surface area contributed by atoms with E-state index in [0.717, 1.165) is 0 Å². The van der Waals surface area contributed by atoms with Crippen LogP contribution in [0.4, 0.5) is 0 Å². The molecular weight excluding hydrogens is 560 g/mol. The van der Waals surface area contributed by atoms with Gasteiger partial charge in [0.15, 0.2) is 25.2 Å². The van der Waals surface area contributed by atoms with Crippen LogP contribution in [0.5, 0.6) is 0 Å².